The molecule has 5 nitrogen and oxygen atoms in total. The summed E-state index contributed by atoms with van der Waals surface area (Å²) < 4.78 is 1.77. The summed E-state index contributed by atoms with van der Waals surface area (Å²) in [4.78, 5) is 4.64. The average Bonchev–Trinajstić information content (AvgIpc) is 3.01. The smallest absolute Gasteiger partial charge is 0.0862 e. The van der Waals surface area contributed by atoms with Crippen LogP contribution in [0.3, 0.4) is 0 Å². The standard InChI is InChI=1S/C16H21ClN4O/c17-14-3-1-4-15(11-14)20-9-7-19(8-10-20)12-16(22)13-21-6-2-5-18-21/h1-6,11,16,22H,7-10,12-13H2/t16-/m0/s1. The topological polar surface area (TPSA) is 44.5 Å². The molecule has 6 heteroatoms. The van der Waals surface area contributed by atoms with E-state index in [0.717, 1.165) is 31.2 Å². The third-order valence-electron chi connectivity index (χ3n) is 3.97. The lowest BCUT2D eigenvalue weighted by atomic mass is 10.2. The molecule has 1 fully saturated rings. The Balaban J connectivity index is 1.47. The van der Waals surface area contributed by atoms with Gasteiger partial charge in [0.1, 0.15) is 0 Å². The van der Waals surface area contributed by atoms with Gasteiger partial charge in [0.05, 0.1) is 12.6 Å². The third kappa shape index (κ3) is 4.00. The van der Waals surface area contributed by atoms with Gasteiger partial charge in [-0.1, -0.05) is 17.7 Å². The van der Waals surface area contributed by atoms with E-state index in [1.54, 1.807) is 10.9 Å². The Bertz CT molecular complexity index is 582. The van der Waals surface area contributed by atoms with Crippen molar-refractivity contribution in [2.75, 3.05) is 37.6 Å². The van der Waals surface area contributed by atoms with Crippen molar-refractivity contribution in [1.82, 2.24) is 14.7 Å². The fourth-order valence-electron chi connectivity index (χ4n) is 2.84. The number of aliphatic hydroxyl groups is 1. The van der Waals surface area contributed by atoms with Crippen molar-refractivity contribution in [3.8, 4) is 0 Å². The predicted molar refractivity (Wildman–Crippen MR) is 88.3 cm³/mol. The minimum atomic E-state index is -0.391. The molecule has 1 aromatic carbocycles. The Morgan fingerprint density at radius 1 is 1.14 bits per heavy atom. The largest absolute Gasteiger partial charge is 0.390 e. The number of halogens is 1. The van der Waals surface area contributed by atoms with Crippen molar-refractivity contribution >= 4 is 17.3 Å². The first kappa shape index (κ1) is 15.3. The number of benzene rings is 1. The predicted octanol–water partition coefficient (Wildman–Crippen LogP) is 1.72. The van der Waals surface area contributed by atoms with E-state index >= 15 is 0 Å². The maximum atomic E-state index is 10.2. The first-order chi connectivity index (χ1) is 10.7. The fraction of sp³-hybridized carbons (Fsp3) is 0.438. The monoisotopic (exact) mass is 320 g/mol. The van der Waals surface area contributed by atoms with Gasteiger partial charge in [-0.25, -0.2) is 0 Å². The van der Waals surface area contributed by atoms with Gasteiger partial charge in [0.2, 0.25) is 0 Å². The molecule has 0 bridgehead atoms. The molecule has 0 spiro atoms. The van der Waals surface area contributed by atoms with Crippen molar-refractivity contribution in [2.24, 2.45) is 0 Å². The zero-order valence-corrected chi connectivity index (χ0v) is 13.2. The van der Waals surface area contributed by atoms with Crippen LogP contribution in [0.4, 0.5) is 5.69 Å². The highest BCUT2D eigenvalue weighted by molar-refractivity contribution is 6.30. The number of hydrogen-bond donors (Lipinski definition) is 1. The van der Waals surface area contributed by atoms with E-state index in [-0.39, 0.29) is 0 Å². The molecule has 1 aromatic heterocycles. The quantitative estimate of drug-likeness (QED) is 0.911. The van der Waals surface area contributed by atoms with Gasteiger partial charge in [-0.2, -0.15) is 5.10 Å². The Morgan fingerprint density at radius 3 is 2.64 bits per heavy atom. The van der Waals surface area contributed by atoms with Crippen molar-refractivity contribution in [3.63, 3.8) is 0 Å². The molecule has 1 saturated heterocycles. The Morgan fingerprint density at radius 2 is 1.95 bits per heavy atom. The van der Waals surface area contributed by atoms with Gasteiger partial charge in [-0.05, 0) is 24.3 Å². The van der Waals surface area contributed by atoms with E-state index < -0.39 is 6.10 Å². The first-order valence-electron chi connectivity index (χ1n) is 7.59. The SMILES string of the molecule is O[C@@H](CN1CCN(c2cccc(Cl)c2)CC1)Cn1cccn1. The zero-order chi connectivity index (χ0) is 15.4. The lowest BCUT2D eigenvalue weighted by Gasteiger charge is -2.37. The van der Waals surface area contributed by atoms with Crippen molar-refractivity contribution in [1.29, 1.82) is 0 Å². The number of anilines is 1. The summed E-state index contributed by atoms with van der Waals surface area (Å²) in [5, 5.41) is 15.1. The minimum Gasteiger partial charge on any atom is -0.390 e. The molecular weight excluding hydrogens is 300 g/mol. The van der Waals surface area contributed by atoms with Crippen LogP contribution in [-0.2, 0) is 6.54 Å². The Labute approximate surface area is 135 Å². The van der Waals surface area contributed by atoms with Crippen LogP contribution in [0.2, 0.25) is 5.02 Å². The van der Waals surface area contributed by atoms with Crippen LogP contribution in [0.15, 0.2) is 42.7 Å². The molecular formula is C16H21ClN4O. The molecule has 3 rings (SSSR count). The van der Waals surface area contributed by atoms with Crippen LogP contribution >= 0.6 is 11.6 Å². The molecule has 0 radical (unpaired) electrons. The van der Waals surface area contributed by atoms with Crippen LogP contribution in [0.1, 0.15) is 0 Å². The molecule has 1 atom stereocenters. The number of rotatable bonds is 5. The first-order valence-corrected chi connectivity index (χ1v) is 7.97. The average molecular weight is 321 g/mol. The molecule has 0 amide bonds. The molecule has 22 heavy (non-hydrogen) atoms. The van der Waals surface area contributed by atoms with Gasteiger partial charge < -0.3 is 10.0 Å². The highest BCUT2D eigenvalue weighted by atomic mass is 35.5. The van der Waals surface area contributed by atoms with E-state index in [0.29, 0.717) is 13.1 Å². The van der Waals surface area contributed by atoms with Crippen molar-refractivity contribution in [2.45, 2.75) is 12.6 Å². The van der Waals surface area contributed by atoms with E-state index in [4.69, 9.17) is 11.6 Å². The molecule has 1 aliphatic rings. The second-order valence-corrected chi connectivity index (χ2v) is 6.09. The summed E-state index contributed by atoms with van der Waals surface area (Å²) >= 11 is 6.05. The van der Waals surface area contributed by atoms with E-state index in [9.17, 15) is 5.11 Å². The number of β-amino-alcohol motifs (C(OH)–C–C–N with tert-alkyl or cyclic N) is 1. The second-order valence-electron chi connectivity index (χ2n) is 5.65. The molecule has 0 aliphatic carbocycles. The summed E-state index contributed by atoms with van der Waals surface area (Å²) in [6.45, 7) is 5.03. The summed E-state index contributed by atoms with van der Waals surface area (Å²) in [5.74, 6) is 0. The molecule has 2 heterocycles. The van der Waals surface area contributed by atoms with Gasteiger partial charge in [0, 0.05) is 55.8 Å². The van der Waals surface area contributed by atoms with Crippen molar-refractivity contribution in [3.05, 3.63) is 47.7 Å². The Hall–Kier alpha value is -1.56. The summed E-state index contributed by atoms with van der Waals surface area (Å²) in [5.41, 5.74) is 1.17. The summed E-state index contributed by atoms with van der Waals surface area (Å²) in [7, 11) is 0. The van der Waals surface area contributed by atoms with Gasteiger partial charge in [0.15, 0.2) is 0 Å². The van der Waals surface area contributed by atoms with Crippen LogP contribution in [-0.4, -0.2) is 58.6 Å². The summed E-state index contributed by atoms with van der Waals surface area (Å²) in [6, 6.07) is 9.85. The molecule has 118 valence electrons. The lowest BCUT2D eigenvalue weighted by Crippen LogP contribution is -2.49. The van der Waals surface area contributed by atoms with Gasteiger partial charge in [0.25, 0.3) is 0 Å². The maximum absolute atomic E-state index is 10.2. The zero-order valence-electron chi connectivity index (χ0n) is 12.5. The van der Waals surface area contributed by atoms with Crippen LogP contribution < -0.4 is 4.90 Å². The normalized spacial score (nSPS) is 17.6. The molecule has 2 aromatic rings. The number of piperazine rings is 1. The molecule has 1 aliphatic heterocycles. The summed E-state index contributed by atoms with van der Waals surface area (Å²) in [6.07, 6.45) is 3.22. The van der Waals surface area contributed by atoms with Crippen LogP contribution in [0, 0.1) is 0 Å². The van der Waals surface area contributed by atoms with E-state index in [2.05, 4.69) is 21.0 Å². The van der Waals surface area contributed by atoms with E-state index in [1.807, 2.05) is 30.5 Å². The Kier molecular flexibility index (Phi) is 4.97. The highest BCUT2D eigenvalue weighted by Gasteiger charge is 2.19. The number of hydrogen-bond acceptors (Lipinski definition) is 4. The molecule has 0 unspecified atom stereocenters. The third-order valence-corrected chi connectivity index (χ3v) is 4.21. The van der Waals surface area contributed by atoms with Crippen molar-refractivity contribution < 1.29 is 5.11 Å². The maximum Gasteiger partial charge on any atom is 0.0862 e. The van der Waals surface area contributed by atoms with E-state index in [1.165, 1.54) is 5.69 Å². The van der Waals surface area contributed by atoms with Crippen LogP contribution in [0.25, 0.3) is 0 Å². The highest BCUT2D eigenvalue weighted by Crippen LogP contribution is 2.20. The minimum absolute atomic E-state index is 0.391. The van der Waals surface area contributed by atoms with Crippen LogP contribution in [0.5, 0.6) is 0 Å². The fourth-order valence-corrected chi connectivity index (χ4v) is 3.03. The number of nitrogens with zero attached hydrogens (tertiary/aromatic N) is 4. The molecule has 1 N–H and O–H groups in total. The second kappa shape index (κ2) is 7.13. The van der Waals surface area contributed by atoms with Gasteiger partial charge in [-0.15, -0.1) is 0 Å². The molecule has 0 saturated carbocycles. The van der Waals surface area contributed by atoms with Gasteiger partial charge >= 0.3 is 0 Å². The number of aliphatic hydroxyl groups excluding tert-OH is 1. The van der Waals surface area contributed by atoms with Gasteiger partial charge in [-0.3, -0.25) is 9.58 Å². The lowest BCUT2D eigenvalue weighted by molar-refractivity contribution is 0.0921. The number of aromatic nitrogens is 2.